The van der Waals surface area contributed by atoms with Crippen LogP contribution in [0.5, 0.6) is 0 Å². The van der Waals surface area contributed by atoms with Crippen LogP contribution in [-0.4, -0.2) is 26.3 Å². The normalized spacial score (nSPS) is 10.1. The number of rotatable bonds is 7. The van der Waals surface area contributed by atoms with Gasteiger partial charge >= 0.3 is 5.97 Å². The highest BCUT2D eigenvalue weighted by atomic mass is 16.5. The van der Waals surface area contributed by atoms with Gasteiger partial charge in [0.1, 0.15) is 0 Å². The molecule has 0 unspecified atom stereocenters. The van der Waals surface area contributed by atoms with Crippen LogP contribution in [0, 0.1) is 0 Å². The maximum atomic E-state index is 10.8. The number of carbonyl (C=O) groups is 1. The summed E-state index contributed by atoms with van der Waals surface area (Å²) in [5.41, 5.74) is 1.32. The molecular formula is C13H18O3. The zero-order valence-electron chi connectivity index (χ0n) is 9.65. The summed E-state index contributed by atoms with van der Waals surface area (Å²) < 4.78 is 9.83. The summed E-state index contributed by atoms with van der Waals surface area (Å²) in [5.74, 6) is -0.219. The van der Waals surface area contributed by atoms with Crippen molar-refractivity contribution in [1.82, 2.24) is 0 Å². The van der Waals surface area contributed by atoms with Gasteiger partial charge < -0.3 is 9.47 Å². The Kier molecular flexibility index (Phi) is 6.26. The monoisotopic (exact) mass is 222 g/mol. The van der Waals surface area contributed by atoms with Crippen molar-refractivity contribution in [2.45, 2.75) is 19.3 Å². The second kappa shape index (κ2) is 7.88. The van der Waals surface area contributed by atoms with E-state index in [0.29, 0.717) is 19.6 Å². The highest BCUT2D eigenvalue weighted by molar-refractivity contribution is 5.69. The Morgan fingerprint density at radius 1 is 1.19 bits per heavy atom. The molecule has 16 heavy (non-hydrogen) atoms. The van der Waals surface area contributed by atoms with Crippen LogP contribution in [0.4, 0.5) is 0 Å². The molecule has 0 saturated heterocycles. The van der Waals surface area contributed by atoms with Gasteiger partial charge in [0.15, 0.2) is 0 Å². The third kappa shape index (κ3) is 5.51. The average molecular weight is 222 g/mol. The maximum absolute atomic E-state index is 10.8. The summed E-state index contributed by atoms with van der Waals surface area (Å²) in [6.07, 6.45) is 2.33. The molecule has 0 aliphatic carbocycles. The number of aryl methyl sites for hydroxylation is 1. The first-order valence-corrected chi connectivity index (χ1v) is 5.51. The van der Waals surface area contributed by atoms with Gasteiger partial charge in [-0.3, -0.25) is 4.79 Å². The van der Waals surface area contributed by atoms with E-state index in [1.54, 1.807) is 0 Å². The lowest BCUT2D eigenvalue weighted by Crippen LogP contribution is -2.06. The minimum atomic E-state index is -0.219. The maximum Gasteiger partial charge on any atom is 0.307 e. The topological polar surface area (TPSA) is 35.5 Å². The van der Waals surface area contributed by atoms with E-state index in [0.717, 1.165) is 12.8 Å². The van der Waals surface area contributed by atoms with Gasteiger partial charge in [-0.25, -0.2) is 0 Å². The largest absolute Gasteiger partial charge is 0.469 e. The fourth-order valence-electron chi connectivity index (χ4n) is 1.38. The number of methoxy groups -OCH3 is 1. The molecule has 0 saturated carbocycles. The van der Waals surface area contributed by atoms with Crippen LogP contribution in [0.25, 0.3) is 0 Å². The van der Waals surface area contributed by atoms with Crippen LogP contribution in [-0.2, 0) is 20.7 Å². The van der Waals surface area contributed by atoms with Crippen molar-refractivity contribution in [2.75, 3.05) is 20.3 Å². The molecule has 0 atom stereocenters. The smallest absolute Gasteiger partial charge is 0.307 e. The fraction of sp³-hybridized carbons (Fsp3) is 0.462. The van der Waals surface area contributed by atoms with Crippen molar-refractivity contribution in [2.24, 2.45) is 0 Å². The van der Waals surface area contributed by atoms with Gasteiger partial charge in [0.25, 0.3) is 0 Å². The van der Waals surface area contributed by atoms with Gasteiger partial charge in [0, 0.05) is 6.61 Å². The van der Waals surface area contributed by atoms with Gasteiger partial charge in [0.05, 0.1) is 20.1 Å². The third-order valence-corrected chi connectivity index (χ3v) is 2.28. The predicted molar refractivity (Wildman–Crippen MR) is 62.2 cm³/mol. The third-order valence-electron chi connectivity index (χ3n) is 2.28. The molecule has 3 nitrogen and oxygen atoms in total. The van der Waals surface area contributed by atoms with Crippen LogP contribution < -0.4 is 0 Å². The van der Waals surface area contributed by atoms with Gasteiger partial charge in [-0.2, -0.15) is 0 Å². The van der Waals surface area contributed by atoms with E-state index in [4.69, 9.17) is 4.74 Å². The van der Waals surface area contributed by atoms with Crippen LogP contribution >= 0.6 is 0 Å². The number of hydrogen-bond donors (Lipinski definition) is 0. The first kappa shape index (κ1) is 12.7. The molecule has 0 radical (unpaired) electrons. The first-order valence-electron chi connectivity index (χ1n) is 5.51. The Balaban J connectivity index is 1.98. The van der Waals surface area contributed by atoms with Gasteiger partial charge in [0.2, 0.25) is 0 Å². The molecule has 1 aromatic carbocycles. The second-order valence-corrected chi connectivity index (χ2v) is 3.53. The van der Waals surface area contributed by atoms with Crippen molar-refractivity contribution in [3.63, 3.8) is 0 Å². The summed E-state index contributed by atoms with van der Waals surface area (Å²) in [7, 11) is 1.39. The predicted octanol–water partition coefficient (Wildman–Crippen LogP) is 2.20. The lowest BCUT2D eigenvalue weighted by molar-refractivity contribution is -0.141. The summed E-state index contributed by atoms with van der Waals surface area (Å²) in [5, 5.41) is 0. The molecule has 0 aliphatic rings. The Bertz CT molecular complexity index is 295. The van der Waals surface area contributed by atoms with Gasteiger partial charge in [-0.05, 0) is 18.4 Å². The lowest BCUT2D eigenvalue weighted by Gasteiger charge is -2.03. The fourth-order valence-corrected chi connectivity index (χ4v) is 1.38. The van der Waals surface area contributed by atoms with E-state index in [1.165, 1.54) is 12.7 Å². The van der Waals surface area contributed by atoms with E-state index in [9.17, 15) is 4.79 Å². The number of esters is 1. The summed E-state index contributed by atoms with van der Waals surface area (Å²) in [4.78, 5) is 10.8. The van der Waals surface area contributed by atoms with Crippen molar-refractivity contribution in [3.8, 4) is 0 Å². The Morgan fingerprint density at radius 2 is 1.94 bits per heavy atom. The zero-order chi connectivity index (χ0) is 11.6. The molecule has 0 bridgehead atoms. The standard InChI is InChI=1S/C13H18O3/c1-15-13(14)9-11-16-10-5-8-12-6-3-2-4-7-12/h2-4,6-7H,5,8-11H2,1H3. The van der Waals surface area contributed by atoms with Crippen LogP contribution in [0.1, 0.15) is 18.4 Å². The molecule has 0 fully saturated rings. The van der Waals surface area contributed by atoms with Crippen molar-refractivity contribution >= 4 is 5.97 Å². The number of carbonyl (C=O) groups excluding carboxylic acids is 1. The SMILES string of the molecule is COC(=O)CCOCCCc1ccccc1. The molecular weight excluding hydrogens is 204 g/mol. The summed E-state index contributed by atoms with van der Waals surface area (Å²) >= 11 is 0. The highest BCUT2D eigenvalue weighted by Gasteiger charge is 1.99. The highest BCUT2D eigenvalue weighted by Crippen LogP contribution is 2.02. The molecule has 1 aromatic rings. The van der Waals surface area contributed by atoms with Crippen LogP contribution in [0.3, 0.4) is 0 Å². The first-order chi connectivity index (χ1) is 7.83. The van der Waals surface area contributed by atoms with Crippen molar-refractivity contribution < 1.29 is 14.3 Å². The van der Waals surface area contributed by atoms with Crippen molar-refractivity contribution in [3.05, 3.63) is 35.9 Å². The molecule has 0 aromatic heterocycles. The number of ether oxygens (including phenoxy) is 2. The van der Waals surface area contributed by atoms with E-state index in [2.05, 4.69) is 16.9 Å². The molecule has 3 heteroatoms. The molecule has 0 spiro atoms. The van der Waals surface area contributed by atoms with Gasteiger partial charge in [-0.15, -0.1) is 0 Å². The number of hydrogen-bond acceptors (Lipinski definition) is 3. The van der Waals surface area contributed by atoms with Crippen LogP contribution in [0.15, 0.2) is 30.3 Å². The molecule has 0 heterocycles. The lowest BCUT2D eigenvalue weighted by atomic mass is 10.1. The molecule has 88 valence electrons. The minimum absolute atomic E-state index is 0.219. The Labute approximate surface area is 96.4 Å². The molecule has 0 aliphatic heterocycles. The number of benzene rings is 1. The second-order valence-electron chi connectivity index (χ2n) is 3.53. The Hall–Kier alpha value is -1.35. The molecule has 1 rings (SSSR count). The minimum Gasteiger partial charge on any atom is -0.469 e. The van der Waals surface area contributed by atoms with Gasteiger partial charge in [-0.1, -0.05) is 30.3 Å². The Morgan fingerprint density at radius 3 is 2.62 bits per heavy atom. The van der Waals surface area contributed by atoms with E-state index in [1.807, 2.05) is 18.2 Å². The molecule has 0 amide bonds. The molecule has 0 N–H and O–H groups in total. The van der Waals surface area contributed by atoms with E-state index < -0.39 is 0 Å². The zero-order valence-corrected chi connectivity index (χ0v) is 9.65. The quantitative estimate of drug-likeness (QED) is 0.524. The van der Waals surface area contributed by atoms with Crippen LogP contribution in [0.2, 0.25) is 0 Å². The summed E-state index contributed by atoms with van der Waals surface area (Å²) in [6, 6.07) is 10.3. The van der Waals surface area contributed by atoms with E-state index >= 15 is 0 Å². The summed E-state index contributed by atoms with van der Waals surface area (Å²) in [6.45, 7) is 1.13. The van der Waals surface area contributed by atoms with Crippen molar-refractivity contribution in [1.29, 1.82) is 0 Å². The van der Waals surface area contributed by atoms with E-state index in [-0.39, 0.29) is 5.97 Å². The average Bonchev–Trinajstić information content (AvgIpc) is 2.34.